The molecule has 1 aromatic heterocycles. The van der Waals surface area contributed by atoms with E-state index in [2.05, 4.69) is 80.3 Å². The number of amides is 1. The number of rotatable bonds is 6. The van der Waals surface area contributed by atoms with E-state index in [1.165, 1.54) is 33.0 Å². The first-order chi connectivity index (χ1) is 15.8. The molecule has 1 atom stereocenters. The molecule has 4 heteroatoms. The summed E-state index contributed by atoms with van der Waals surface area (Å²) in [4.78, 5) is 21.0. The second kappa shape index (κ2) is 10.1. The van der Waals surface area contributed by atoms with E-state index in [-0.39, 0.29) is 11.8 Å². The molecule has 2 aromatic carbocycles. The highest BCUT2D eigenvalue weighted by Crippen LogP contribution is 2.38. The van der Waals surface area contributed by atoms with E-state index in [4.69, 9.17) is 0 Å². The highest BCUT2D eigenvalue weighted by atomic mass is 32.1. The van der Waals surface area contributed by atoms with Crippen LogP contribution in [0, 0.1) is 6.92 Å². The van der Waals surface area contributed by atoms with E-state index in [1.807, 2.05) is 30.3 Å². The van der Waals surface area contributed by atoms with Crippen molar-refractivity contribution in [3.05, 3.63) is 81.0 Å². The van der Waals surface area contributed by atoms with E-state index in [0.29, 0.717) is 12.5 Å². The van der Waals surface area contributed by atoms with Crippen molar-refractivity contribution in [2.24, 2.45) is 0 Å². The minimum atomic E-state index is -0.0572. The summed E-state index contributed by atoms with van der Waals surface area (Å²) in [6.45, 7) is 7.16. The monoisotopic (exact) mass is 460 g/mol. The quantitative estimate of drug-likeness (QED) is 0.361. The average Bonchev–Trinajstić information content (AvgIpc) is 3.06. The lowest BCUT2D eigenvalue weighted by atomic mass is 9.94. The number of hydrogen-bond donors (Lipinski definition) is 0. The smallest absolute Gasteiger partial charge is 0.234 e. The number of anilines is 2. The SMILES string of the molecule is Cc1cc2c(s1)CCCCC2C(=O)N(Cc1ccc(N(C)C)cc1)c1ccc(C(C)C)cc1. The van der Waals surface area contributed by atoms with E-state index >= 15 is 0 Å². The Balaban J connectivity index is 1.69. The van der Waals surface area contributed by atoms with Crippen LogP contribution in [0.4, 0.5) is 11.4 Å². The van der Waals surface area contributed by atoms with E-state index in [0.717, 1.165) is 30.5 Å². The first-order valence-corrected chi connectivity index (χ1v) is 12.9. The second-order valence-electron chi connectivity index (χ2n) is 9.77. The van der Waals surface area contributed by atoms with Crippen LogP contribution >= 0.6 is 11.3 Å². The average molecular weight is 461 g/mol. The van der Waals surface area contributed by atoms with Crippen molar-refractivity contribution >= 4 is 28.6 Å². The molecule has 0 spiro atoms. The molecule has 33 heavy (non-hydrogen) atoms. The molecule has 1 aliphatic rings. The molecule has 1 aliphatic carbocycles. The molecule has 1 amide bonds. The Morgan fingerprint density at radius 3 is 2.30 bits per heavy atom. The van der Waals surface area contributed by atoms with Gasteiger partial charge < -0.3 is 9.80 Å². The molecule has 0 N–H and O–H groups in total. The predicted molar refractivity (Wildman–Crippen MR) is 142 cm³/mol. The van der Waals surface area contributed by atoms with Gasteiger partial charge >= 0.3 is 0 Å². The zero-order valence-corrected chi connectivity index (χ0v) is 21.4. The van der Waals surface area contributed by atoms with Crippen LogP contribution in [0.3, 0.4) is 0 Å². The molecule has 0 saturated heterocycles. The van der Waals surface area contributed by atoms with Crippen LogP contribution in [0.25, 0.3) is 0 Å². The van der Waals surface area contributed by atoms with Gasteiger partial charge in [0.1, 0.15) is 0 Å². The summed E-state index contributed by atoms with van der Waals surface area (Å²) in [5, 5.41) is 0. The van der Waals surface area contributed by atoms with Crippen molar-refractivity contribution in [2.75, 3.05) is 23.9 Å². The second-order valence-corrected chi connectivity index (χ2v) is 11.1. The van der Waals surface area contributed by atoms with Crippen molar-refractivity contribution in [1.82, 2.24) is 0 Å². The van der Waals surface area contributed by atoms with Crippen LogP contribution < -0.4 is 9.80 Å². The number of thiophene rings is 1. The molecule has 0 radical (unpaired) electrons. The van der Waals surface area contributed by atoms with Gasteiger partial charge in [0.15, 0.2) is 0 Å². The van der Waals surface area contributed by atoms with Gasteiger partial charge in [-0.2, -0.15) is 0 Å². The molecular formula is C29H36N2OS. The fourth-order valence-corrected chi connectivity index (χ4v) is 5.86. The minimum absolute atomic E-state index is 0.0572. The summed E-state index contributed by atoms with van der Waals surface area (Å²) in [6.07, 6.45) is 4.31. The van der Waals surface area contributed by atoms with Gasteiger partial charge in [0.25, 0.3) is 0 Å². The van der Waals surface area contributed by atoms with E-state index in [9.17, 15) is 4.79 Å². The third-order valence-electron chi connectivity index (χ3n) is 6.72. The molecule has 0 aliphatic heterocycles. The van der Waals surface area contributed by atoms with Crippen molar-refractivity contribution in [3.8, 4) is 0 Å². The largest absolute Gasteiger partial charge is 0.378 e. The lowest BCUT2D eigenvalue weighted by Crippen LogP contribution is -2.35. The highest BCUT2D eigenvalue weighted by molar-refractivity contribution is 7.12. The highest BCUT2D eigenvalue weighted by Gasteiger charge is 2.31. The zero-order valence-electron chi connectivity index (χ0n) is 20.6. The van der Waals surface area contributed by atoms with Crippen molar-refractivity contribution in [3.63, 3.8) is 0 Å². The molecule has 3 nitrogen and oxygen atoms in total. The fraction of sp³-hybridized carbons (Fsp3) is 0.414. The van der Waals surface area contributed by atoms with E-state index < -0.39 is 0 Å². The Labute approximate surface area is 203 Å². The van der Waals surface area contributed by atoms with Crippen molar-refractivity contribution < 1.29 is 4.79 Å². The molecule has 4 rings (SSSR count). The van der Waals surface area contributed by atoms with Gasteiger partial charge in [-0.3, -0.25) is 4.79 Å². The fourth-order valence-electron chi connectivity index (χ4n) is 4.72. The number of hydrogen-bond acceptors (Lipinski definition) is 3. The Kier molecular flexibility index (Phi) is 7.23. The Hall–Kier alpha value is -2.59. The number of fused-ring (bicyclic) bond motifs is 1. The number of carbonyl (C=O) groups excluding carboxylic acids is 1. The first kappa shape index (κ1) is 23.6. The predicted octanol–water partition coefficient (Wildman–Crippen LogP) is 7.29. The molecule has 174 valence electrons. The van der Waals surface area contributed by atoms with Gasteiger partial charge in [-0.25, -0.2) is 0 Å². The number of carbonyl (C=O) groups is 1. The summed E-state index contributed by atoms with van der Waals surface area (Å²) in [5.41, 5.74) is 5.87. The molecule has 1 unspecified atom stereocenters. The van der Waals surface area contributed by atoms with Gasteiger partial charge in [-0.1, -0.05) is 44.5 Å². The van der Waals surface area contributed by atoms with E-state index in [1.54, 1.807) is 0 Å². The van der Waals surface area contributed by atoms with Gasteiger partial charge in [0.05, 0.1) is 12.5 Å². The molecule has 0 saturated carbocycles. The van der Waals surface area contributed by atoms with Crippen LogP contribution in [0.1, 0.15) is 71.4 Å². The maximum absolute atomic E-state index is 14.1. The summed E-state index contributed by atoms with van der Waals surface area (Å²) >= 11 is 1.87. The summed E-state index contributed by atoms with van der Waals surface area (Å²) in [7, 11) is 4.10. The lowest BCUT2D eigenvalue weighted by Gasteiger charge is -2.28. The third kappa shape index (κ3) is 5.33. The van der Waals surface area contributed by atoms with Gasteiger partial charge in [-0.15, -0.1) is 11.3 Å². The van der Waals surface area contributed by atoms with Crippen LogP contribution in [0.15, 0.2) is 54.6 Å². The molecule has 1 heterocycles. The van der Waals surface area contributed by atoms with Gasteiger partial charge in [-0.05, 0) is 79.1 Å². The maximum Gasteiger partial charge on any atom is 0.234 e. The molecular weight excluding hydrogens is 424 g/mol. The zero-order chi connectivity index (χ0) is 23.5. The van der Waals surface area contributed by atoms with Gasteiger partial charge in [0, 0.05) is 35.2 Å². The number of nitrogens with zero attached hydrogens (tertiary/aromatic N) is 2. The van der Waals surface area contributed by atoms with Crippen LogP contribution in [-0.2, 0) is 17.8 Å². The summed E-state index contributed by atoms with van der Waals surface area (Å²) in [5.74, 6) is 0.642. The Morgan fingerprint density at radius 1 is 1.00 bits per heavy atom. The Morgan fingerprint density at radius 2 is 1.67 bits per heavy atom. The minimum Gasteiger partial charge on any atom is -0.378 e. The van der Waals surface area contributed by atoms with Crippen molar-refractivity contribution in [1.29, 1.82) is 0 Å². The summed E-state index contributed by atoms with van der Waals surface area (Å²) in [6, 6.07) is 19.4. The maximum atomic E-state index is 14.1. The standard InChI is InChI=1S/C29H36N2OS/c1-20(2)23-12-16-25(17-13-23)31(19-22-10-14-24(15-11-22)30(4)5)29(32)26-8-6-7-9-28-27(26)18-21(3)33-28/h10-18,20,26H,6-9,19H2,1-5H3. The molecule has 0 bridgehead atoms. The first-order valence-electron chi connectivity index (χ1n) is 12.1. The third-order valence-corrected chi connectivity index (χ3v) is 7.84. The molecule has 0 fully saturated rings. The topological polar surface area (TPSA) is 23.6 Å². The normalized spacial score (nSPS) is 15.8. The van der Waals surface area contributed by atoms with Gasteiger partial charge in [0.2, 0.25) is 5.91 Å². The van der Waals surface area contributed by atoms with Crippen LogP contribution in [0.2, 0.25) is 0 Å². The molecule has 3 aromatic rings. The van der Waals surface area contributed by atoms with Crippen LogP contribution in [0.5, 0.6) is 0 Å². The Bertz CT molecular complexity index is 1080. The number of benzene rings is 2. The number of aryl methyl sites for hydroxylation is 2. The lowest BCUT2D eigenvalue weighted by molar-refractivity contribution is -0.120. The van der Waals surface area contributed by atoms with Crippen molar-refractivity contribution in [2.45, 2.75) is 64.8 Å². The summed E-state index contributed by atoms with van der Waals surface area (Å²) < 4.78 is 0. The van der Waals surface area contributed by atoms with Crippen LogP contribution in [-0.4, -0.2) is 20.0 Å².